The second-order valence-electron chi connectivity index (χ2n) is 3.31. The van der Waals surface area contributed by atoms with Crippen molar-refractivity contribution in [3.05, 3.63) is 29.3 Å². The molecule has 0 aliphatic carbocycles. The van der Waals surface area contributed by atoms with E-state index in [1.165, 1.54) is 11.8 Å². The summed E-state index contributed by atoms with van der Waals surface area (Å²) in [6, 6.07) is 3.90. The van der Waals surface area contributed by atoms with Crippen molar-refractivity contribution in [2.24, 2.45) is 5.73 Å². The lowest BCUT2D eigenvalue weighted by Crippen LogP contribution is -2.00. The maximum atomic E-state index is 5.64. The number of aromatic nitrogens is 3. The molecule has 0 unspecified atom stereocenters. The minimum Gasteiger partial charge on any atom is -0.416 e. The van der Waals surface area contributed by atoms with Crippen LogP contribution in [0.2, 0.25) is 0 Å². The summed E-state index contributed by atoms with van der Waals surface area (Å²) in [5.41, 5.74) is 7.56. The highest BCUT2D eigenvalue weighted by Gasteiger charge is 2.10. The SMILES string of the molecule is Cc1ccc(CN)c(Sc2nnc(C)o2)n1. The van der Waals surface area contributed by atoms with E-state index in [0.29, 0.717) is 17.7 Å². The summed E-state index contributed by atoms with van der Waals surface area (Å²) in [5.74, 6) is 0.546. The Bertz CT molecular complexity index is 497. The zero-order chi connectivity index (χ0) is 11.5. The van der Waals surface area contributed by atoms with Gasteiger partial charge >= 0.3 is 0 Å². The molecule has 0 radical (unpaired) electrons. The number of hydrogen-bond donors (Lipinski definition) is 1. The zero-order valence-corrected chi connectivity index (χ0v) is 9.91. The molecule has 2 aromatic rings. The van der Waals surface area contributed by atoms with Gasteiger partial charge in [0.2, 0.25) is 5.89 Å². The van der Waals surface area contributed by atoms with Gasteiger partial charge in [0.1, 0.15) is 5.03 Å². The summed E-state index contributed by atoms with van der Waals surface area (Å²) >= 11 is 1.34. The van der Waals surface area contributed by atoms with Crippen LogP contribution in [0.4, 0.5) is 0 Å². The molecule has 6 heteroatoms. The summed E-state index contributed by atoms with van der Waals surface area (Å²) in [6.45, 7) is 4.14. The number of rotatable bonds is 3. The number of nitrogens with zero attached hydrogens (tertiary/aromatic N) is 3. The summed E-state index contributed by atoms with van der Waals surface area (Å²) in [6.07, 6.45) is 0. The Morgan fingerprint density at radius 2 is 2.12 bits per heavy atom. The van der Waals surface area contributed by atoms with Crippen LogP contribution in [0.15, 0.2) is 26.8 Å². The Balaban J connectivity index is 2.29. The van der Waals surface area contributed by atoms with Crippen LogP contribution in [0.25, 0.3) is 0 Å². The van der Waals surface area contributed by atoms with E-state index in [1.807, 2.05) is 19.1 Å². The molecule has 0 fully saturated rings. The van der Waals surface area contributed by atoms with Crippen LogP contribution in [0.1, 0.15) is 17.1 Å². The van der Waals surface area contributed by atoms with Gasteiger partial charge < -0.3 is 10.2 Å². The molecule has 2 aromatic heterocycles. The highest BCUT2D eigenvalue weighted by molar-refractivity contribution is 7.99. The van der Waals surface area contributed by atoms with Crippen molar-refractivity contribution in [2.75, 3.05) is 0 Å². The normalized spacial score (nSPS) is 10.7. The number of nitrogens with two attached hydrogens (primary N) is 1. The Labute approximate surface area is 97.5 Å². The Morgan fingerprint density at radius 1 is 1.31 bits per heavy atom. The molecular weight excluding hydrogens is 224 g/mol. The van der Waals surface area contributed by atoms with Crippen molar-refractivity contribution in [3.8, 4) is 0 Å². The largest absolute Gasteiger partial charge is 0.416 e. The minimum absolute atomic E-state index is 0.447. The Kier molecular flexibility index (Phi) is 3.21. The first-order chi connectivity index (χ1) is 7.69. The van der Waals surface area contributed by atoms with Crippen molar-refractivity contribution >= 4 is 11.8 Å². The van der Waals surface area contributed by atoms with Crippen LogP contribution in [0.3, 0.4) is 0 Å². The molecule has 0 bridgehead atoms. The van der Waals surface area contributed by atoms with Crippen molar-refractivity contribution < 1.29 is 4.42 Å². The number of aryl methyl sites for hydroxylation is 2. The molecule has 16 heavy (non-hydrogen) atoms. The summed E-state index contributed by atoms with van der Waals surface area (Å²) in [5, 5.41) is 8.99. The molecular formula is C10H12N4OS. The van der Waals surface area contributed by atoms with Crippen molar-refractivity contribution in [2.45, 2.75) is 30.6 Å². The maximum absolute atomic E-state index is 5.64. The standard InChI is InChI=1S/C10H12N4OS/c1-6-3-4-8(5-11)9(12-6)16-10-14-13-7(2)15-10/h3-4H,5,11H2,1-2H3. The lowest BCUT2D eigenvalue weighted by atomic mass is 10.2. The third-order valence-electron chi connectivity index (χ3n) is 1.99. The monoisotopic (exact) mass is 236 g/mol. The first-order valence-corrected chi connectivity index (χ1v) is 5.65. The molecule has 0 aliphatic heterocycles. The summed E-state index contributed by atoms with van der Waals surface area (Å²) in [7, 11) is 0. The van der Waals surface area contributed by atoms with Gasteiger partial charge in [0.15, 0.2) is 0 Å². The van der Waals surface area contributed by atoms with E-state index in [2.05, 4.69) is 15.2 Å². The molecule has 0 aliphatic rings. The van der Waals surface area contributed by atoms with Gasteiger partial charge in [0.25, 0.3) is 5.22 Å². The van der Waals surface area contributed by atoms with Crippen LogP contribution in [0.5, 0.6) is 0 Å². The van der Waals surface area contributed by atoms with Gasteiger partial charge in [0, 0.05) is 19.2 Å². The molecule has 84 valence electrons. The van der Waals surface area contributed by atoms with E-state index < -0.39 is 0 Å². The van der Waals surface area contributed by atoms with Crippen LogP contribution in [-0.4, -0.2) is 15.2 Å². The maximum Gasteiger partial charge on any atom is 0.282 e. The Morgan fingerprint density at radius 3 is 2.75 bits per heavy atom. The van der Waals surface area contributed by atoms with Gasteiger partial charge in [-0.1, -0.05) is 6.07 Å². The van der Waals surface area contributed by atoms with Crippen LogP contribution in [-0.2, 0) is 6.54 Å². The summed E-state index contributed by atoms with van der Waals surface area (Å²) < 4.78 is 5.29. The fourth-order valence-electron chi connectivity index (χ4n) is 1.21. The molecule has 5 nitrogen and oxygen atoms in total. The first kappa shape index (κ1) is 11.1. The molecule has 0 saturated carbocycles. The fourth-order valence-corrected chi connectivity index (χ4v) is 2.09. The lowest BCUT2D eigenvalue weighted by molar-refractivity contribution is 0.429. The molecule has 0 saturated heterocycles. The third kappa shape index (κ3) is 2.40. The second kappa shape index (κ2) is 4.63. The average Bonchev–Trinajstić information content (AvgIpc) is 2.64. The van der Waals surface area contributed by atoms with E-state index in [1.54, 1.807) is 6.92 Å². The Hall–Kier alpha value is -1.40. The van der Waals surface area contributed by atoms with Crippen molar-refractivity contribution in [1.29, 1.82) is 0 Å². The molecule has 0 spiro atoms. The van der Waals surface area contributed by atoms with Crippen molar-refractivity contribution in [1.82, 2.24) is 15.2 Å². The van der Waals surface area contributed by atoms with Gasteiger partial charge in [-0.2, -0.15) is 0 Å². The number of pyridine rings is 1. The van der Waals surface area contributed by atoms with Gasteiger partial charge in [-0.15, -0.1) is 10.2 Å². The number of hydrogen-bond acceptors (Lipinski definition) is 6. The predicted molar refractivity (Wildman–Crippen MR) is 60.0 cm³/mol. The summed E-state index contributed by atoms with van der Waals surface area (Å²) in [4.78, 5) is 4.40. The van der Waals surface area contributed by atoms with E-state index in [4.69, 9.17) is 10.2 Å². The van der Waals surface area contributed by atoms with Gasteiger partial charge in [-0.05, 0) is 30.3 Å². The molecule has 0 atom stereocenters. The topological polar surface area (TPSA) is 77.8 Å². The highest BCUT2D eigenvalue weighted by Crippen LogP contribution is 2.27. The van der Waals surface area contributed by atoms with Crippen LogP contribution in [0, 0.1) is 13.8 Å². The minimum atomic E-state index is 0.447. The molecule has 0 amide bonds. The van der Waals surface area contributed by atoms with Gasteiger partial charge in [-0.25, -0.2) is 4.98 Å². The van der Waals surface area contributed by atoms with E-state index in [-0.39, 0.29) is 0 Å². The molecule has 2 rings (SSSR count). The van der Waals surface area contributed by atoms with Gasteiger partial charge in [0.05, 0.1) is 0 Å². The smallest absolute Gasteiger partial charge is 0.282 e. The highest BCUT2D eigenvalue weighted by atomic mass is 32.2. The molecule has 2 N–H and O–H groups in total. The lowest BCUT2D eigenvalue weighted by Gasteiger charge is -2.04. The van der Waals surface area contributed by atoms with Gasteiger partial charge in [-0.3, -0.25) is 0 Å². The third-order valence-corrected chi connectivity index (χ3v) is 2.88. The van der Waals surface area contributed by atoms with Crippen LogP contribution < -0.4 is 5.73 Å². The van der Waals surface area contributed by atoms with E-state index in [0.717, 1.165) is 16.3 Å². The zero-order valence-electron chi connectivity index (χ0n) is 9.10. The molecule has 2 heterocycles. The predicted octanol–water partition coefficient (Wildman–Crippen LogP) is 1.69. The quantitative estimate of drug-likeness (QED) is 0.873. The fraction of sp³-hybridized carbons (Fsp3) is 0.300. The van der Waals surface area contributed by atoms with Crippen LogP contribution >= 0.6 is 11.8 Å². The molecule has 0 aromatic carbocycles. The van der Waals surface area contributed by atoms with Crippen molar-refractivity contribution in [3.63, 3.8) is 0 Å². The average molecular weight is 236 g/mol. The van der Waals surface area contributed by atoms with E-state index in [9.17, 15) is 0 Å². The van der Waals surface area contributed by atoms with E-state index >= 15 is 0 Å². The second-order valence-corrected chi connectivity index (χ2v) is 4.25. The first-order valence-electron chi connectivity index (χ1n) is 4.83.